The number of aryl methyl sites for hydroxylation is 1. The normalized spacial score (nSPS) is 12.2. The minimum Gasteiger partial charge on any atom is -0.383 e. The third kappa shape index (κ3) is 5.16. The Balaban J connectivity index is 1.91. The van der Waals surface area contributed by atoms with Gasteiger partial charge in [0.25, 0.3) is 5.56 Å². The van der Waals surface area contributed by atoms with Crippen LogP contribution in [0.15, 0.2) is 46.3 Å². The van der Waals surface area contributed by atoms with E-state index in [0.717, 1.165) is 5.56 Å². The molecule has 3 rings (SSSR count). The summed E-state index contributed by atoms with van der Waals surface area (Å²) in [4.78, 5) is 30.4. The SMILES string of the molecule is COCCn1c(SC(C)C(=O)Nc2cc(Cl)ccc2C)nc2cc(Cl)ccc2c1=O. The van der Waals surface area contributed by atoms with E-state index in [1.54, 1.807) is 44.4 Å². The number of hydrogen-bond donors (Lipinski definition) is 1. The van der Waals surface area contributed by atoms with Crippen molar-refractivity contribution in [1.29, 1.82) is 0 Å². The van der Waals surface area contributed by atoms with E-state index in [0.29, 0.717) is 44.9 Å². The largest absolute Gasteiger partial charge is 0.383 e. The van der Waals surface area contributed by atoms with Gasteiger partial charge in [-0.25, -0.2) is 4.98 Å². The van der Waals surface area contributed by atoms with Crippen molar-refractivity contribution < 1.29 is 9.53 Å². The van der Waals surface area contributed by atoms with E-state index in [4.69, 9.17) is 27.9 Å². The Labute approximate surface area is 188 Å². The average Bonchev–Trinajstić information content (AvgIpc) is 2.70. The monoisotopic (exact) mass is 465 g/mol. The Bertz CT molecular complexity index is 1150. The van der Waals surface area contributed by atoms with Gasteiger partial charge in [-0.05, 0) is 49.7 Å². The molecule has 1 atom stereocenters. The third-order valence-electron chi connectivity index (χ3n) is 4.51. The molecule has 0 aliphatic carbocycles. The van der Waals surface area contributed by atoms with Gasteiger partial charge in [-0.3, -0.25) is 14.2 Å². The highest BCUT2D eigenvalue weighted by molar-refractivity contribution is 8.00. The smallest absolute Gasteiger partial charge is 0.262 e. The Kier molecular flexibility index (Phi) is 7.41. The van der Waals surface area contributed by atoms with Crippen LogP contribution in [0.1, 0.15) is 12.5 Å². The molecule has 30 heavy (non-hydrogen) atoms. The molecule has 9 heteroatoms. The molecule has 3 aromatic rings. The van der Waals surface area contributed by atoms with Gasteiger partial charge in [-0.2, -0.15) is 0 Å². The van der Waals surface area contributed by atoms with Gasteiger partial charge in [0.05, 0.1) is 29.3 Å². The van der Waals surface area contributed by atoms with E-state index in [9.17, 15) is 9.59 Å². The molecule has 1 aromatic heterocycles. The number of nitrogens with one attached hydrogen (secondary N) is 1. The van der Waals surface area contributed by atoms with E-state index < -0.39 is 5.25 Å². The molecular weight excluding hydrogens is 445 g/mol. The molecule has 0 aliphatic rings. The summed E-state index contributed by atoms with van der Waals surface area (Å²) in [6.07, 6.45) is 0. The molecule has 158 valence electrons. The van der Waals surface area contributed by atoms with Gasteiger partial charge in [0.2, 0.25) is 5.91 Å². The lowest BCUT2D eigenvalue weighted by molar-refractivity contribution is -0.115. The number of anilines is 1. The maximum atomic E-state index is 13.0. The van der Waals surface area contributed by atoms with Gasteiger partial charge in [-0.15, -0.1) is 0 Å². The lowest BCUT2D eigenvalue weighted by atomic mass is 10.2. The summed E-state index contributed by atoms with van der Waals surface area (Å²) in [6.45, 7) is 4.32. The van der Waals surface area contributed by atoms with Crippen LogP contribution in [0.5, 0.6) is 0 Å². The van der Waals surface area contributed by atoms with Crippen LogP contribution in [-0.2, 0) is 16.1 Å². The molecule has 0 bridgehead atoms. The number of aromatic nitrogens is 2. The highest BCUT2D eigenvalue weighted by Crippen LogP contribution is 2.26. The number of benzene rings is 2. The summed E-state index contributed by atoms with van der Waals surface area (Å²) in [5.74, 6) is -0.218. The second-order valence-electron chi connectivity index (χ2n) is 6.71. The predicted octanol–water partition coefficient (Wildman–Crippen LogP) is 4.78. The summed E-state index contributed by atoms with van der Waals surface area (Å²) in [5.41, 5.74) is 1.84. The van der Waals surface area contributed by atoms with Crippen LogP contribution in [0.2, 0.25) is 10.0 Å². The van der Waals surface area contributed by atoms with Crippen LogP contribution in [0, 0.1) is 6.92 Å². The van der Waals surface area contributed by atoms with Crippen molar-refractivity contribution in [3.05, 3.63) is 62.4 Å². The molecule has 2 aromatic carbocycles. The van der Waals surface area contributed by atoms with Gasteiger partial charge in [0.1, 0.15) is 0 Å². The van der Waals surface area contributed by atoms with Crippen molar-refractivity contribution in [2.24, 2.45) is 0 Å². The number of fused-ring (bicyclic) bond motifs is 1. The fraction of sp³-hybridized carbons (Fsp3) is 0.286. The maximum Gasteiger partial charge on any atom is 0.262 e. The summed E-state index contributed by atoms with van der Waals surface area (Å²) < 4.78 is 6.66. The van der Waals surface area contributed by atoms with Crippen LogP contribution in [0.3, 0.4) is 0 Å². The number of ether oxygens (including phenoxy) is 1. The lowest BCUT2D eigenvalue weighted by Gasteiger charge is -2.17. The van der Waals surface area contributed by atoms with Crippen molar-refractivity contribution in [3.8, 4) is 0 Å². The van der Waals surface area contributed by atoms with Crippen LogP contribution >= 0.6 is 35.0 Å². The number of methoxy groups -OCH3 is 1. The predicted molar refractivity (Wildman–Crippen MR) is 123 cm³/mol. The van der Waals surface area contributed by atoms with Crippen LogP contribution in [-0.4, -0.2) is 34.4 Å². The van der Waals surface area contributed by atoms with E-state index >= 15 is 0 Å². The van der Waals surface area contributed by atoms with Crippen molar-refractivity contribution in [3.63, 3.8) is 0 Å². The molecule has 1 amide bonds. The van der Waals surface area contributed by atoms with E-state index in [1.807, 2.05) is 13.0 Å². The Hall–Kier alpha value is -2.06. The molecule has 0 saturated carbocycles. The molecule has 0 fully saturated rings. The van der Waals surface area contributed by atoms with Gasteiger partial charge >= 0.3 is 0 Å². The van der Waals surface area contributed by atoms with Gasteiger partial charge in [0.15, 0.2) is 5.16 Å². The highest BCUT2D eigenvalue weighted by atomic mass is 35.5. The lowest BCUT2D eigenvalue weighted by Crippen LogP contribution is -2.28. The first kappa shape index (κ1) is 22.6. The second-order valence-corrected chi connectivity index (χ2v) is 8.89. The van der Waals surface area contributed by atoms with Crippen molar-refractivity contribution in [2.45, 2.75) is 30.8 Å². The number of halogens is 2. The van der Waals surface area contributed by atoms with Crippen LogP contribution < -0.4 is 10.9 Å². The van der Waals surface area contributed by atoms with Gasteiger partial charge < -0.3 is 10.1 Å². The number of thioether (sulfide) groups is 1. The van der Waals surface area contributed by atoms with Crippen molar-refractivity contribution >= 4 is 57.5 Å². The number of carbonyl (C=O) groups excluding carboxylic acids is 1. The first-order chi connectivity index (χ1) is 14.3. The minimum absolute atomic E-state index is 0.200. The van der Waals surface area contributed by atoms with E-state index in [2.05, 4.69) is 10.3 Å². The summed E-state index contributed by atoms with van der Waals surface area (Å²) in [5, 5.41) is 4.30. The summed E-state index contributed by atoms with van der Waals surface area (Å²) >= 11 is 13.3. The molecule has 0 radical (unpaired) electrons. The topological polar surface area (TPSA) is 73.2 Å². The Morgan fingerprint density at radius 1 is 1.23 bits per heavy atom. The first-order valence-corrected chi connectivity index (χ1v) is 10.9. The van der Waals surface area contributed by atoms with Crippen molar-refractivity contribution in [2.75, 3.05) is 19.0 Å². The second kappa shape index (κ2) is 9.83. The standard InChI is InChI=1S/C21H21Cl2N3O3S/c1-12-4-5-14(22)10-17(12)24-19(27)13(2)30-21-25-18-11-15(23)6-7-16(18)20(28)26(21)8-9-29-3/h4-7,10-11,13H,8-9H2,1-3H3,(H,24,27). The van der Waals surface area contributed by atoms with E-state index in [-0.39, 0.29) is 11.5 Å². The third-order valence-corrected chi connectivity index (χ3v) is 6.07. The molecule has 1 N–H and O–H groups in total. The fourth-order valence-electron chi connectivity index (χ4n) is 2.82. The molecule has 0 spiro atoms. The Morgan fingerprint density at radius 3 is 2.67 bits per heavy atom. The highest BCUT2D eigenvalue weighted by Gasteiger charge is 2.20. The molecule has 6 nitrogen and oxygen atoms in total. The summed E-state index contributed by atoms with van der Waals surface area (Å²) in [7, 11) is 1.56. The molecular formula is C21H21Cl2N3O3S. The molecule has 1 unspecified atom stereocenters. The zero-order chi connectivity index (χ0) is 21.8. The van der Waals surface area contributed by atoms with Crippen LogP contribution in [0.25, 0.3) is 10.9 Å². The minimum atomic E-state index is -0.513. The number of amides is 1. The molecule has 1 heterocycles. The zero-order valence-corrected chi connectivity index (χ0v) is 19.1. The fourth-order valence-corrected chi connectivity index (χ4v) is 4.09. The first-order valence-electron chi connectivity index (χ1n) is 9.23. The number of rotatable bonds is 7. The average molecular weight is 466 g/mol. The Morgan fingerprint density at radius 2 is 1.93 bits per heavy atom. The number of hydrogen-bond acceptors (Lipinski definition) is 5. The quantitative estimate of drug-likeness (QED) is 0.401. The molecule has 0 aliphatic heterocycles. The molecule has 0 saturated heterocycles. The summed E-state index contributed by atoms with van der Waals surface area (Å²) in [6, 6.07) is 10.3. The zero-order valence-electron chi connectivity index (χ0n) is 16.7. The van der Waals surface area contributed by atoms with Crippen LogP contribution in [0.4, 0.5) is 5.69 Å². The van der Waals surface area contributed by atoms with Crippen molar-refractivity contribution in [1.82, 2.24) is 9.55 Å². The number of carbonyl (C=O) groups is 1. The van der Waals surface area contributed by atoms with Gasteiger partial charge in [0, 0.05) is 22.8 Å². The van der Waals surface area contributed by atoms with Gasteiger partial charge in [-0.1, -0.05) is 41.0 Å². The number of nitrogens with zero attached hydrogens (tertiary/aromatic N) is 2. The maximum absolute atomic E-state index is 13.0. The van der Waals surface area contributed by atoms with E-state index in [1.165, 1.54) is 16.3 Å².